The quantitative estimate of drug-likeness (QED) is 0.918. The minimum Gasteiger partial charge on any atom is -0.371 e. The number of nitrogens with zero attached hydrogens (tertiary/aromatic N) is 3. The summed E-state index contributed by atoms with van der Waals surface area (Å²) >= 11 is 0. The van der Waals surface area contributed by atoms with Crippen LogP contribution in [0.25, 0.3) is 0 Å². The van der Waals surface area contributed by atoms with Crippen LogP contribution in [0.1, 0.15) is 60.8 Å². The van der Waals surface area contributed by atoms with Gasteiger partial charge >= 0.3 is 0 Å². The van der Waals surface area contributed by atoms with Gasteiger partial charge in [-0.2, -0.15) is 5.10 Å². The van der Waals surface area contributed by atoms with Gasteiger partial charge in [0.1, 0.15) is 11.8 Å². The van der Waals surface area contributed by atoms with Crippen molar-refractivity contribution in [1.29, 1.82) is 0 Å². The van der Waals surface area contributed by atoms with Crippen molar-refractivity contribution in [2.24, 2.45) is 0 Å². The number of nitrogens with one attached hydrogen (secondary N) is 1. The van der Waals surface area contributed by atoms with Crippen LogP contribution in [0.3, 0.4) is 0 Å². The fraction of sp³-hybridized carbons (Fsp3) is 0.556. The standard InChI is InChI=1S/C18H24N4O2/c1-2-21-12-13(11-19-21)17-15(5-4-10-24-17)20-18(23)16-6-3-9-22(16)14-7-8-14/h3,6,9,11-12,14-15,17H,2,4-5,7-8,10H2,1H3,(H,20,23)/t15-,17+/m0/s1. The van der Waals surface area contributed by atoms with E-state index >= 15 is 0 Å². The van der Waals surface area contributed by atoms with E-state index in [0.717, 1.165) is 37.3 Å². The second-order valence-electron chi connectivity index (χ2n) is 6.67. The van der Waals surface area contributed by atoms with E-state index in [2.05, 4.69) is 21.9 Å². The van der Waals surface area contributed by atoms with E-state index in [4.69, 9.17) is 4.74 Å². The highest BCUT2D eigenvalue weighted by atomic mass is 16.5. The van der Waals surface area contributed by atoms with Gasteiger partial charge in [0.2, 0.25) is 0 Å². The van der Waals surface area contributed by atoms with Gasteiger partial charge < -0.3 is 14.6 Å². The molecule has 6 nitrogen and oxygen atoms in total. The maximum absolute atomic E-state index is 12.8. The molecule has 24 heavy (non-hydrogen) atoms. The number of hydrogen-bond donors (Lipinski definition) is 1. The fourth-order valence-corrected chi connectivity index (χ4v) is 3.46. The molecule has 1 N–H and O–H groups in total. The molecule has 2 fully saturated rings. The van der Waals surface area contributed by atoms with Crippen LogP contribution in [0.2, 0.25) is 0 Å². The molecule has 1 saturated heterocycles. The molecule has 2 aromatic heterocycles. The Balaban J connectivity index is 1.50. The number of carbonyl (C=O) groups excluding carboxylic acids is 1. The van der Waals surface area contributed by atoms with Crippen molar-refractivity contribution in [3.8, 4) is 0 Å². The van der Waals surface area contributed by atoms with Gasteiger partial charge in [-0.1, -0.05) is 0 Å². The predicted molar refractivity (Wildman–Crippen MR) is 89.8 cm³/mol. The zero-order valence-corrected chi connectivity index (χ0v) is 14.0. The first kappa shape index (κ1) is 15.4. The van der Waals surface area contributed by atoms with E-state index in [9.17, 15) is 4.79 Å². The molecular formula is C18H24N4O2. The molecule has 4 rings (SSSR count). The molecule has 6 heteroatoms. The highest BCUT2D eigenvalue weighted by molar-refractivity contribution is 5.93. The summed E-state index contributed by atoms with van der Waals surface area (Å²) in [6.07, 6.45) is 9.98. The first-order valence-electron chi connectivity index (χ1n) is 8.88. The highest BCUT2D eigenvalue weighted by Crippen LogP contribution is 2.36. The van der Waals surface area contributed by atoms with Crippen molar-refractivity contribution in [3.63, 3.8) is 0 Å². The van der Waals surface area contributed by atoms with Gasteiger partial charge in [-0.3, -0.25) is 9.48 Å². The Labute approximate surface area is 141 Å². The lowest BCUT2D eigenvalue weighted by atomic mass is 9.98. The minimum atomic E-state index is -0.118. The van der Waals surface area contributed by atoms with Crippen LogP contribution in [-0.2, 0) is 11.3 Å². The lowest BCUT2D eigenvalue weighted by molar-refractivity contribution is -0.00960. The predicted octanol–water partition coefficient (Wildman–Crippen LogP) is 2.69. The molecule has 2 aliphatic rings. The third kappa shape index (κ3) is 2.98. The third-order valence-corrected chi connectivity index (χ3v) is 4.90. The van der Waals surface area contributed by atoms with Gasteiger partial charge in [0, 0.05) is 37.2 Å². The van der Waals surface area contributed by atoms with Crippen molar-refractivity contribution in [2.75, 3.05) is 6.61 Å². The van der Waals surface area contributed by atoms with Gasteiger partial charge in [0.15, 0.2) is 0 Å². The van der Waals surface area contributed by atoms with E-state index in [1.807, 2.05) is 35.4 Å². The number of carbonyl (C=O) groups is 1. The number of amides is 1. The second-order valence-corrected chi connectivity index (χ2v) is 6.67. The number of rotatable bonds is 5. The van der Waals surface area contributed by atoms with Crippen LogP contribution in [0, 0.1) is 0 Å². The molecule has 128 valence electrons. The Morgan fingerprint density at radius 1 is 1.42 bits per heavy atom. The van der Waals surface area contributed by atoms with Crippen molar-refractivity contribution >= 4 is 5.91 Å². The average molecular weight is 328 g/mol. The molecule has 1 amide bonds. The Bertz CT molecular complexity index is 716. The Hall–Kier alpha value is -2.08. The zero-order chi connectivity index (χ0) is 16.5. The molecule has 0 radical (unpaired) electrons. The summed E-state index contributed by atoms with van der Waals surface area (Å²) in [4.78, 5) is 12.8. The van der Waals surface area contributed by atoms with Crippen molar-refractivity contribution in [1.82, 2.24) is 19.7 Å². The lowest BCUT2D eigenvalue weighted by Gasteiger charge is -2.32. The lowest BCUT2D eigenvalue weighted by Crippen LogP contribution is -2.43. The van der Waals surface area contributed by atoms with Gasteiger partial charge in [-0.05, 0) is 44.7 Å². The van der Waals surface area contributed by atoms with Crippen LogP contribution in [-0.4, -0.2) is 32.9 Å². The first-order chi connectivity index (χ1) is 11.8. The summed E-state index contributed by atoms with van der Waals surface area (Å²) in [5.41, 5.74) is 1.80. The van der Waals surface area contributed by atoms with Gasteiger partial charge in [-0.15, -0.1) is 0 Å². The van der Waals surface area contributed by atoms with Gasteiger partial charge in [0.05, 0.1) is 12.2 Å². The van der Waals surface area contributed by atoms with E-state index in [0.29, 0.717) is 6.04 Å². The maximum Gasteiger partial charge on any atom is 0.268 e. The topological polar surface area (TPSA) is 61.1 Å². The SMILES string of the molecule is CCn1cc([C@H]2OCCC[C@@H]2NC(=O)c2cccn2C2CC2)cn1. The number of hydrogen-bond acceptors (Lipinski definition) is 3. The minimum absolute atomic E-state index is 0.00437. The Morgan fingerprint density at radius 3 is 3.04 bits per heavy atom. The highest BCUT2D eigenvalue weighted by Gasteiger charge is 2.32. The normalized spacial score (nSPS) is 24.0. The molecule has 0 aromatic carbocycles. The number of aryl methyl sites for hydroxylation is 1. The number of ether oxygens (including phenoxy) is 1. The molecule has 0 unspecified atom stereocenters. The first-order valence-corrected chi connectivity index (χ1v) is 8.88. The maximum atomic E-state index is 12.8. The number of aromatic nitrogens is 3. The van der Waals surface area contributed by atoms with Crippen LogP contribution < -0.4 is 5.32 Å². The fourth-order valence-electron chi connectivity index (χ4n) is 3.46. The summed E-state index contributed by atoms with van der Waals surface area (Å²) in [6.45, 7) is 3.62. The molecule has 1 aliphatic heterocycles. The molecule has 2 atom stereocenters. The van der Waals surface area contributed by atoms with Gasteiger partial charge in [-0.25, -0.2) is 0 Å². The van der Waals surface area contributed by atoms with Crippen LogP contribution in [0.15, 0.2) is 30.7 Å². The van der Waals surface area contributed by atoms with Crippen molar-refractivity contribution in [3.05, 3.63) is 42.0 Å². The Kier molecular flexibility index (Phi) is 4.14. The van der Waals surface area contributed by atoms with E-state index in [-0.39, 0.29) is 18.1 Å². The van der Waals surface area contributed by atoms with Crippen LogP contribution in [0.4, 0.5) is 0 Å². The van der Waals surface area contributed by atoms with E-state index in [1.165, 1.54) is 12.8 Å². The molecule has 1 aliphatic carbocycles. The van der Waals surface area contributed by atoms with Crippen LogP contribution in [0.5, 0.6) is 0 Å². The van der Waals surface area contributed by atoms with Crippen molar-refractivity contribution in [2.45, 2.75) is 57.3 Å². The molecule has 0 bridgehead atoms. The van der Waals surface area contributed by atoms with E-state index in [1.54, 1.807) is 0 Å². The Morgan fingerprint density at radius 2 is 2.29 bits per heavy atom. The van der Waals surface area contributed by atoms with Gasteiger partial charge in [0.25, 0.3) is 5.91 Å². The largest absolute Gasteiger partial charge is 0.371 e. The summed E-state index contributed by atoms with van der Waals surface area (Å²) in [6, 6.07) is 4.35. The third-order valence-electron chi connectivity index (χ3n) is 4.90. The monoisotopic (exact) mass is 328 g/mol. The molecule has 3 heterocycles. The summed E-state index contributed by atoms with van der Waals surface area (Å²) in [5, 5.41) is 7.54. The molecular weight excluding hydrogens is 304 g/mol. The van der Waals surface area contributed by atoms with Crippen LogP contribution >= 0.6 is 0 Å². The summed E-state index contributed by atoms with van der Waals surface area (Å²) in [7, 11) is 0. The second kappa shape index (κ2) is 6.43. The smallest absolute Gasteiger partial charge is 0.268 e. The summed E-state index contributed by atoms with van der Waals surface area (Å²) in [5.74, 6) is -0.00437. The summed E-state index contributed by atoms with van der Waals surface area (Å²) < 4.78 is 9.96. The van der Waals surface area contributed by atoms with Crippen molar-refractivity contribution < 1.29 is 9.53 Å². The molecule has 1 saturated carbocycles. The van der Waals surface area contributed by atoms with E-state index < -0.39 is 0 Å². The molecule has 2 aromatic rings. The molecule has 0 spiro atoms. The average Bonchev–Trinajstić information content (AvgIpc) is 3.13. The zero-order valence-electron chi connectivity index (χ0n) is 14.0.